The van der Waals surface area contributed by atoms with Gasteiger partial charge in [0, 0.05) is 12.7 Å². The number of rotatable bonds is 5. The Kier molecular flexibility index (Phi) is 4.05. The first-order valence-electron chi connectivity index (χ1n) is 7.12. The van der Waals surface area contributed by atoms with Crippen LogP contribution in [0.1, 0.15) is 15.9 Å². The van der Waals surface area contributed by atoms with Crippen LogP contribution in [0.4, 0.5) is 0 Å². The number of carbonyl (C=O) groups is 2. The Morgan fingerprint density at radius 1 is 1.09 bits per heavy atom. The summed E-state index contributed by atoms with van der Waals surface area (Å²) in [4.78, 5) is 25.2. The minimum absolute atomic E-state index is 0.232. The molecule has 2 heterocycles. The molecule has 0 unspecified atom stereocenters. The van der Waals surface area contributed by atoms with E-state index in [-0.39, 0.29) is 19.0 Å². The van der Waals surface area contributed by atoms with Crippen molar-refractivity contribution >= 4 is 17.4 Å². The van der Waals surface area contributed by atoms with Crippen LogP contribution in [0, 0.1) is 0 Å². The third-order valence-corrected chi connectivity index (χ3v) is 3.49. The summed E-state index contributed by atoms with van der Waals surface area (Å²) in [6.07, 6.45) is 3.21. The van der Waals surface area contributed by atoms with E-state index in [1.165, 1.54) is 11.1 Å². The van der Waals surface area contributed by atoms with Gasteiger partial charge in [-0.25, -0.2) is 4.52 Å². The summed E-state index contributed by atoms with van der Waals surface area (Å²) in [7, 11) is 0. The quantitative estimate of drug-likeness (QED) is 0.783. The fraction of sp³-hybridized carbons (Fsp3) is 0.118. The Balaban J connectivity index is 1.92. The van der Waals surface area contributed by atoms with Gasteiger partial charge in [-0.15, -0.1) is 0 Å². The monoisotopic (exact) mass is 309 g/mol. The molecule has 1 aromatic carbocycles. The first-order chi connectivity index (χ1) is 11.1. The van der Waals surface area contributed by atoms with Crippen LogP contribution in [0.2, 0.25) is 0 Å². The number of carbonyl (C=O) groups excluding carboxylic acids is 1. The summed E-state index contributed by atoms with van der Waals surface area (Å²) < 4.78 is 1.59. The lowest BCUT2D eigenvalue weighted by molar-refractivity contribution is -0.137. The summed E-state index contributed by atoms with van der Waals surface area (Å²) in [6, 6.07) is 14.7. The van der Waals surface area contributed by atoms with Crippen LogP contribution in [-0.4, -0.2) is 38.0 Å². The van der Waals surface area contributed by atoms with Gasteiger partial charge in [0.1, 0.15) is 6.54 Å². The largest absolute Gasteiger partial charge is 0.480 e. The molecule has 0 aliphatic heterocycles. The predicted molar refractivity (Wildman–Crippen MR) is 84.0 cm³/mol. The molecular weight excluding hydrogens is 294 g/mol. The molecular formula is C17H15N3O3. The van der Waals surface area contributed by atoms with Gasteiger partial charge in [0.2, 0.25) is 0 Å². The Morgan fingerprint density at radius 2 is 1.83 bits per heavy atom. The van der Waals surface area contributed by atoms with E-state index in [0.717, 1.165) is 5.56 Å². The lowest BCUT2D eigenvalue weighted by Gasteiger charge is -2.20. The molecule has 0 atom stereocenters. The number of benzene rings is 1. The predicted octanol–water partition coefficient (Wildman–Crippen LogP) is 2.06. The molecule has 6 nitrogen and oxygen atoms in total. The first-order valence-corrected chi connectivity index (χ1v) is 7.12. The number of nitrogens with zero attached hydrogens (tertiary/aromatic N) is 3. The maximum Gasteiger partial charge on any atom is 0.323 e. The van der Waals surface area contributed by atoms with Crippen LogP contribution in [0.3, 0.4) is 0 Å². The van der Waals surface area contributed by atoms with Crippen molar-refractivity contribution < 1.29 is 14.7 Å². The molecule has 0 bridgehead atoms. The van der Waals surface area contributed by atoms with E-state index in [0.29, 0.717) is 11.1 Å². The fourth-order valence-electron chi connectivity index (χ4n) is 2.44. The molecule has 0 radical (unpaired) electrons. The molecule has 2 aromatic heterocycles. The highest BCUT2D eigenvalue weighted by Crippen LogP contribution is 2.15. The maximum absolute atomic E-state index is 12.8. The van der Waals surface area contributed by atoms with Crippen molar-refractivity contribution in [3.05, 3.63) is 72.1 Å². The molecule has 3 rings (SSSR count). The highest BCUT2D eigenvalue weighted by atomic mass is 16.4. The number of aromatic nitrogens is 2. The van der Waals surface area contributed by atoms with Crippen LogP contribution in [0.15, 0.2) is 60.9 Å². The molecule has 0 saturated carbocycles. The van der Waals surface area contributed by atoms with Gasteiger partial charge in [-0.2, -0.15) is 5.10 Å². The first kappa shape index (κ1) is 14.8. The summed E-state index contributed by atoms with van der Waals surface area (Å²) in [6.45, 7) is -0.131. The number of hydrogen-bond donors (Lipinski definition) is 1. The number of fused-ring (bicyclic) bond motifs is 1. The van der Waals surface area contributed by atoms with Crippen molar-refractivity contribution in [1.29, 1.82) is 0 Å². The summed E-state index contributed by atoms with van der Waals surface area (Å²) >= 11 is 0. The van der Waals surface area contributed by atoms with Gasteiger partial charge in [-0.1, -0.05) is 36.4 Å². The van der Waals surface area contributed by atoms with Crippen molar-refractivity contribution in [3.63, 3.8) is 0 Å². The van der Waals surface area contributed by atoms with Crippen LogP contribution in [-0.2, 0) is 11.3 Å². The number of pyridine rings is 1. The number of carboxylic acids is 1. The van der Waals surface area contributed by atoms with E-state index in [2.05, 4.69) is 5.10 Å². The molecule has 0 aliphatic carbocycles. The van der Waals surface area contributed by atoms with Crippen molar-refractivity contribution in [2.45, 2.75) is 6.54 Å². The standard InChI is InChI=1S/C17H15N3O3/c21-16(22)12-19(11-13-6-2-1-3-7-13)17(23)14-10-18-20-9-5-4-8-15(14)20/h1-10H,11-12H2,(H,21,22). The van der Waals surface area contributed by atoms with Gasteiger partial charge in [0.15, 0.2) is 0 Å². The zero-order valence-electron chi connectivity index (χ0n) is 12.3. The molecule has 0 saturated heterocycles. The molecule has 0 aliphatic rings. The number of hydrogen-bond acceptors (Lipinski definition) is 3. The number of amides is 1. The Labute approximate surface area is 132 Å². The Morgan fingerprint density at radius 3 is 2.57 bits per heavy atom. The highest BCUT2D eigenvalue weighted by Gasteiger charge is 2.22. The third-order valence-electron chi connectivity index (χ3n) is 3.49. The Hall–Kier alpha value is -3.15. The van der Waals surface area contributed by atoms with Crippen molar-refractivity contribution in [2.75, 3.05) is 6.54 Å². The second kappa shape index (κ2) is 6.31. The summed E-state index contributed by atoms with van der Waals surface area (Å²) in [5.74, 6) is -1.40. The number of aliphatic carboxylic acids is 1. The number of carboxylic acid groups (broad SMARTS) is 1. The minimum atomic E-state index is -1.05. The van der Waals surface area contributed by atoms with Gasteiger partial charge in [0.05, 0.1) is 17.3 Å². The molecule has 1 N–H and O–H groups in total. The normalized spacial score (nSPS) is 10.6. The molecule has 23 heavy (non-hydrogen) atoms. The second-order valence-electron chi connectivity index (χ2n) is 5.13. The van der Waals surface area contributed by atoms with Crippen molar-refractivity contribution in [1.82, 2.24) is 14.5 Å². The van der Waals surface area contributed by atoms with Gasteiger partial charge >= 0.3 is 5.97 Å². The molecule has 6 heteroatoms. The lowest BCUT2D eigenvalue weighted by Crippen LogP contribution is -2.35. The topological polar surface area (TPSA) is 74.9 Å². The Bertz CT molecular complexity index is 842. The SMILES string of the molecule is O=C(O)CN(Cc1ccccc1)C(=O)c1cnn2ccccc12. The average molecular weight is 309 g/mol. The van der Waals surface area contributed by atoms with Gasteiger partial charge in [0.25, 0.3) is 5.91 Å². The summed E-state index contributed by atoms with van der Waals surface area (Å²) in [5, 5.41) is 13.2. The van der Waals surface area contributed by atoms with E-state index in [1.807, 2.05) is 42.5 Å². The van der Waals surface area contributed by atoms with Crippen molar-refractivity contribution in [3.8, 4) is 0 Å². The van der Waals surface area contributed by atoms with Gasteiger partial charge < -0.3 is 10.0 Å². The van der Waals surface area contributed by atoms with Crippen LogP contribution >= 0.6 is 0 Å². The maximum atomic E-state index is 12.8. The van der Waals surface area contributed by atoms with Crippen LogP contribution < -0.4 is 0 Å². The third kappa shape index (κ3) is 3.21. The van der Waals surface area contributed by atoms with E-state index in [9.17, 15) is 9.59 Å². The molecule has 3 aromatic rings. The molecule has 116 valence electrons. The highest BCUT2D eigenvalue weighted by molar-refractivity contribution is 6.01. The van der Waals surface area contributed by atoms with Crippen molar-refractivity contribution in [2.24, 2.45) is 0 Å². The smallest absolute Gasteiger partial charge is 0.323 e. The zero-order chi connectivity index (χ0) is 16.2. The van der Waals surface area contributed by atoms with E-state index in [1.54, 1.807) is 16.8 Å². The van der Waals surface area contributed by atoms with E-state index >= 15 is 0 Å². The van der Waals surface area contributed by atoms with Gasteiger partial charge in [-0.05, 0) is 17.7 Å². The molecule has 0 fully saturated rings. The fourth-order valence-corrected chi connectivity index (χ4v) is 2.44. The second-order valence-corrected chi connectivity index (χ2v) is 5.13. The minimum Gasteiger partial charge on any atom is -0.480 e. The molecule has 0 spiro atoms. The van der Waals surface area contributed by atoms with Gasteiger partial charge in [-0.3, -0.25) is 9.59 Å². The van der Waals surface area contributed by atoms with Crippen LogP contribution in [0.25, 0.3) is 5.52 Å². The van der Waals surface area contributed by atoms with Crippen LogP contribution in [0.5, 0.6) is 0 Å². The average Bonchev–Trinajstić information content (AvgIpc) is 2.98. The van der Waals surface area contributed by atoms with E-state index < -0.39 is 5.97 Å². The zero-order valence-corrected chi connectivity index (χ0v) is 12.3. The molecule has 1 amide bonds. The lowest BCUT2D eigenvalue weighted by atomic mass is 10.2. The summed E-state index contributed by atoms with van der Waals surface area (Å²) in [5.41, 5.74) is 1.92. The van der Waals surface area contributed by atoms with E-state index in [4.69, 9.17) is 5.11 Å².